The van der Waals surface area contributed by atoms with Gasteiger partial charge in [0.2, 0.25) is 0 Å². The molecule has 1 aliphatic carbocycles. The fraction of sp³-hybridized carbons (Fsp3) is 0.667. The topological polar surface area (TPSA) is 17.8 Å². The van der Waals surface area contributed by atoms with Crippen LogP contribution >= 0.6 is 0 Å². The van der Waals surface area contributed by atoms with Crippen LogP contribution in [0.5, 0.6) is 0 Å². The van der Waals surface area contributed by atoms with E-state index < -0.39 is 0 Å². The Kier molecular flexibility index (Phi) is 1.31. The smallest absolute Gasteiger partial charge is 0.0687 e. The van der Waals surface area contributed by atoms with E-state index in [1.807, 2.05) is 11.7 Å². The molecule has 0 N–H and O–H groups in total. The minimum absolute atomic E-state index is 0.685. The van der Waals surface area contributed by atoms with Gasteiger partial charge >= 0.3 is 0 Å². The maximum absolute atomic E-state index is 4.49. The van der Waals surface area contributed by atoms with Gasteiger partial charge in [-0.1, -0.05) is 6.92 Å². The van der Waals surface area contributed by atoms with E-state index in [2.05, 4.69) is 18.9 Å². The second-order valence-corrected chi connectivity index (χ2v) is 3.51. The number of nitrogens with zero attached hydrogens (tertiary/aromatic N) is 2. The van der Waals surface area contributed by atoms with Gasteiger partial charge < -0.3 is 0 Å². The Morgan fingerprint density at radius 3 is 2.91 bits per heavy atom. The Bertz CT molecular complexity index is 286. The van der Waals surface area contributed by atoms with Crippen molar-refractivity contribution in [3.63, 3.8) is 0 Å². The maximum atomic E-state index is 4.49. The Hall–Kier alpha value is -0.790. The fourth-order valence-corrected chi connectivity index (χ4v) is 1.88. The lowest BCUT2D eigenvalue weighted by atomic mass is 10.1. The number of hydrogen-bond donors (Lipinski definition) is 0. The summed E-state index contributed by atoms with van der Waals surface area (Å²) in [6.07, 6.45) is 2.52. The molecular formula is C9H14N2. The summed E-state index contributed by atoms with van der Waals surface area (Å²) in [7, 11) is 2.03. The molecule has 1 atom stereocenters. The Labute approximate surface area is 67.2 Å². The highest BCUT2D eigenvalue weighted by Gasteiger charge is 2.24. The molecule has 0 saturated carbocycles. The predicted octanol–water partition coefficient (Wildman–Crippen LogP) is 1.78. The van der Waals surface area contributed by atoms with Gasteiger partial charge in [0.05, 0.1) is 5.69 Å². The molecule has 0 spiro atoms. The highest BCUT2D eigenvalue weighted by Crippen LogP contribution is 2.32. The van der Waals surface area contributed by atoms with E-state index >= 15 is 0 Å². The van der Waals surface area contributed by atoms with E-state index in [9.17, 15) is 0 Å². The molecule has 0 aliphatic heterocycles. The van der Waals surface area contributed by atoms with Crippen LogP contribution in [-0.2, 0) is 13.5 Å². The molecule has 1 aromatic heterocycles. The third-order valence-corrected chi connectivity index (χ3v) is 2.78. The molecule has 0 radical (unpaired) electrons. The quantitative estimate of drug-likeness (QED) is 0.551. The monoisotopic (exact) mass is 150 g/mol. The van der Waals surface area contributed by atoms with Crippen LogP contribution in [0, 0.1) is 6.92 Å². The van der Waals surface area contributed by atoms with Crippen LogP contribution in [0.15, 0.2) is 0 Å². The van der Waals surface area contributed by atoms with Crippen LogP contribution < -0.4 is 0 Å². The lowest BCUT2D eigenvalue weighted by Crippen LogP contribution is -1.96. The van der Waals surface area contributed by atoms with Gasteiger partial charge in [0.25, 0.3) is 0 Å². The molecule has 0 saturated heterocycles. The number of aryl methyl sites for hydroxylation is 1. The van der Waals surface area contributed by atoms with Crippen molar-refractivity contribution in [1.29, 1.82) is 0 Å². The second-order valence-electron chi connectivity index (χ2n) is 3.51. The molecule has 1 heterocycles. The molecule has 0 bridgehead atoms. The minimum Gasteiger partial charge on any atom is -0.272 e. The zero-order valence-corrected chi connectivity index (χ0v) is 7.39. The van der Waals surface area contributed by atoms with Gasteiger partial charge in [-0.3, -0.25) is 4.68 Å². The van der Waals surface area contributed by atoms with Gasteiger partial charge in [-0.15, -0.1) is 0 Å². The summed E-state index contributed by atoms with van der Waals surface area (Å²) in [6.45, 7) is 4.42. The summed E-state index contributed by atoms with van der Waals surface area (Å²) < 4.78 is 2.00. The summed E-state index contributed by atoms with van der Waals surface area (Å²) in [6, 6.07) is 0. The standard InChI is InChI=1S/C9H14N2/c1-6-4-5-8-7(2)11(3)10-9(6)8/h6H,4-5H2,1-3H3. The van der Waals surface area contributed by atoms with Crippen molar-refractivity contribution < 1.29 is 0 Å². The van der Waals surface area contributed by atoms with E-state index in [0.717, 1.165) is 0 Å². The van der Waals surface area contributed by atoms with Crippen molar-refractivity contribution in [2.24, 2.45) is 7.05 Å². The van der Waals surface area contributed by atoms with Gasteiger partial charge in [-0.2, -0.15) is 5.10 Å². The molecule has 1 aliphatic rings. The molecular weight excluding hydrogens is 136 g/mol. The van der Waals surface area contributed by atoms with Crippen molar-refractivity contribution in [2.75, 3.05) is 0 Å². The third kappa shape index (κ3) is 0.817. The fourth-order valence-electron chi connectivity index (χ4n) is 1.88. The number of rotatable bonds is 0. The van der Waals surface area contributed by atoms with Crippen molar-refractivity contribution >= 4 is 0 Å². The third-order valence-electron chi connectivity index (χ3n) is 2.78. The number of hydrogen-bond acceptors (Lipinski definition) is 1. The van der Waals surface area contributed by atoms with E-state index in [0.29, 0.717) is 5.92 Å². The first kappa shape index (κ1) is 6.89. The zero-order valence-electron chi connectivity index (χ0n) is 7.39. The summed E-state index contributed by atoms with van der Waals surface area (Å²) in [5.74, 6) is 0.685. The van der Waals surface area contributed by atoms with Crippen LogP contribution in [-0.4, -0.2) is 9.78 Å². The molecule has 0 aromatic carbocycles. The molecule has 60 valence electrons. The Morgan fingerprint density at radius 2 is 2.27 bits per heavy atom. The van der Waals surface area contributed by atoms with E-state index in [4.69, 9.17) is 0 Å². The highest BCUT2D eigenvalue weighted by atomic mass is 15.3. The Balaban J connectivity index is 2.57. The lowest BCUT2D eigenvalue weighted by Gasteiger charge is -1.98. The van der Waals surface area contributed by atoms with Crippen molar-refractivity contribution in [2.45, 2.75) is 32.6 Å². The largest absolute Gasteiger partial charge is 0.272 e. The van der Waals surface area contributed by atoms with Crippen molar-refractivity contribution in [3.05, 3.63) is 17.0 Å². The van der Waals surface area contributed by atoms with Crippen molar-refractivity contribution in [3.8, 4) is 0 Å². The van der Waals surface area contributed by atoms with Crippen LogP contribution in [0.25, 0.3) is 0 Å². The van der Waals surface area contributed by atoms with Crippen LogP contribution in [0.2, 0.25) is 0 Å². The Morgan fingerprint density at radius 1 is 1.55 bits per heavy atom. The van der Waals surface area contributed by atoms with E-state index in [1.165, 1.54) is 29.8 Å². The summed E-state index contributed by atoms with van der Waals surface area (Å²) in [5.41, 5.74) is 4.19. The first-order valence-electron chi connectivity index (χ1n) is 4.22. The summed E-state index contributed by atoms with van der Waals surface area (Å²) in [5, 5.41) is 4.49. The maximum Gasteiger partial charge on any atom is 0.0687 e. The van der Waals surface area contributed by atoms with E-state index in [-0.39, 0.29) is 0 Å². The van der Waals surface area contributed by atoms with Gasteiger partial charge in [0.15, 0.2) is 0 Å². The first-order chi connectivity index (χ1) is 5.20. The molecule has 0 amide bonds. The molecule has 2 nitrogen and oxygen atoms in total. The van der Waals surface area contributed by atoms with Crippen LogP contribution in [0.3, 0.4) is 0 Å². The SMILES string of the molecule is Cc1c2c(nn1C)C(C)CC2. The van der Waals surface area contributed by atoms with E-state index in [1.54, 1.807) is 0 Å². The highest BCUT2D eigenvalue weighted by molar-refractivity contribution is 5.32. The van der Waals surface area contributed by atoms with Crippen LogP contribution in [0.4, 0.5) is 0 Å². The lowest BCUT2D eigenvalue weighted by molar-refractivity contribution is 0.655. The molecule has 1 unspecified atom stereocenters. The zero-order chi connectivity index (χ0) is 8.01. The number of fused-ring (bicyclic) bond motifs is 1. The average molecular weight is 150 g/mol. The summed E-state index contributed by atoms with van der Waals surface area (Å²) in [4.78, 5) is 0. The molecule has 0 fully saturated rings. The average Bonchev–Trinajstić information content (AvgIpc) is 2.43. The van der Waals surface area contributed by atoms with Gasteiger partial charge in [-0.25, -0.2) is 0 Å². The van der Waals surface area contributed by atoms with Gasteiger partial charge in [0.1, 0.15) is 0 Å². The van der Waals surface area contributed by atoms with Gasteiger partial charge in [-0.05, 0) is 25.3 Å². The minimum atomic E-state index is 0.685. The summed E-state index contributed by atoms with van der Waals surface area (Å²) >= 11 is 0. The molecule has 1 aromatic rings. The van der Waals surface area contributed by atoms with Crippen LogP contribution in [0.1, 0.15) is 36.2 Å². The molecule has 2 heteroatoms. The normalized spacial score (nSPS) is 22.3. The van der Waals surface area contributed by atoms with Crippen molar-refractivity contribution in [1.82, 2.24) is 9.78 Å². The predicted molar refractivity (Wildman–Crippen MR) is 44.7 cm³/mol. The molecule has 2 rings (SSSR count). The van der Waals surface area contributed by atoms with Gasteiger partial charge in [0, 0.05) is 18.7 Å². The molecule has 11 heavy (non-hydrogen) atoms. The second kappa shape index (κ2) is 2.10. The number of aromatic nitrogens is 2. The first-order valence-corrected chi connectivity index (χ1v) is 4.22.